The topological polar surface area (TPSA) is 54.5 Å². The second kappa shape index (κ2) is 15.4. The van der Waals surface area contributed by atoms with E-state index >= 15 is 0 Å². The minimum absolute atomic E-state index is 0. The van der Waals surface area contributed by atoms with Crippen LogP contribution in [0, 0.1) is 24.5 Å². The third kappa shape index (κ3) is 8.35. The summed E-state index contributed by atoms with van der Waals surface area (Å²) in [5.74, 6) is 0.547. The molecule has 0 unspecified atom stereocenters. The number of hydrogen-bond donors (Lipinski definition) is 1. The molecule has 0 bridgehead atoms. The van der Waals surface area contributed by atoms with Gasteiger partial charge in [0.1, 0.15) is 0 Å². The second-order valence-corrected chi connectivity index (χ2v) is 12.2. The Morgan fingerprint density at radius 1 is 1.05 bits per heavy atom. The van der Waals surface area contributed by atoms with E-state index in [0.717, 1.165) is 52.4 Å². The first-order valence-corrected chi connectivity index (χ1v) is 15.1. The molecule has 0 amide bonds. The number of ketones is 1. The zero-order valence-corrected chi connectivity index (χ0v) is 28.4. The molecule has 4 aromatic rings. The summed E-state index contributed by atoms with van der Waals surface area (Å²) in [6.07, 6.45) is 6.72. The normalized spacial score (nSPS) is 11.8. The molecule has 2 aromatic carbocycles. The minimum Gasteiger partial charge on any atom is -0.512 e. The quantitative estimate of drug-likeness (QED) is 0.111. The molecule has 2 aromatic heterocycles. The average molecular weight is 746 g/mol. The summed E-state index contributed by atoms with van der Waals surface area (Å²) in [5.41, 5.74) is 3.22. The van der Waals surface area contributed by atoms with E-state index in [1.807, 2.05) is 52.1 Å². The Morgan fingerprint density at radius 2 is 1.68 bits per heavy atom. The van der Waals surface area contributed by atoms with Crippen molar-refractivity contribution in [2.75, 3.05) is 0 Å². The summed E-state index contributed by atoms with van der Waals surface area (Å²) in [5, 5.41) is 13.9. The van der Waals surface area contributed by atoms with Gasteiger partial charge in [0.25, 0.3) is 0 Å². The molecule has 4 nitrogen and oxygen atoms in total. The molecule has 6 heteroatoms. The SMILES string of the molecule is CCC(CC)C(=O)/C=C(\O)C(CC)CC.[C-]#[N+]c1cc2ccnc(-c3[c-]c4ccccc4c(C(C)(C)C)c3)c2s1.[Ir]. The number of rotatable bonds is 8. The number of carbonyl (C=O) groups is 1. The van der Waals surface area contributed by atoms with E-state index in [-0.39, 0.29) is 48.9 Å². The zero-order valence-electron chi connectivity index (χ0n) is 25.2. The number of aromatic nitrogens is 1. The molecule has 0 aliphatic heterocycles. The Hall–Kier alpha value is -2.84. The molecule has 1 radical (unpaired) electrons. The van der Waals surface area contributed by atoms with E-state index < -0.39 is 0 Å². The molecule has 1 N–H and O–H groups in total. The van der Waals surface area contributed by atoms with Crippen LogP contribution in [-0.2, 0) is 30.3 Å². The Balaban J connectivity index is 0.000000320. The van der Waals surface area contributed by atoms with E-state index in [1.54, 1.807) is 0 Å². The maximum Gasteiger partial charge on any atom is 0.241 e. The van der Waals surface area contributed by atoms with Crippen molar-refractivity contribution < 1.29 is 30.0 Å². The standard InChI is InChI=1S/C22H17N2S.C13H24O2.Ir/c1-22(2,3)18-12-16(11-14-7-5-6-8-17(14)18)20-21-15(9-10-24-20)13-19(23-4)25-21;1-5-10(6-2)12(14)9-13(15)11(7-3)8-4;/h5-10,12-13H,1-3H3;9-11,14H,5-8H2,1-4H3;/q-1;;/b;12-9-;. The van der Waals surface area contributed by atoms with Crippen LogP contribution in [0.4, 0.5) is 5.00 Å². The van der Waals surface area contributed by atoms with Gasteiger partial charge in [-0.3, -0.25) is 9.78 Å². The Labute approximate surface area is 263 Å². The number of aliphatic hydroxyl groups is 1. The molecule has 0 atom stereocenters. The molecule has 219 valence electrons. The van der Waals surface area contributed by atoms with E-state index in [0.29, 0.717) is 5.00 Å². The van der Waals surface area contributed by atoms with Gasteiger partial charge in [0.2, 0.25) is 5.00 Å². The van der Waals surface area contributed by atoms with Gasteiger partial charge >= 0.3 is 0 Å². The largest absolute Gasteiger partial charge is 0.512 e. The van der Waals surface area contributed by atoms with Crippen LogP contribution >= 0.6 is 11.3 Å². The number of benzene rings is 2. The maximum atomic E-state index is 11.7. The third-order valence-electron chi connectivity index (χ3n) is 7.45. The number of carbonyl (C=O) groups excluding carboxylic acids is 1. The summed E-state index contributed by atoms with van der Waals surface area (Å²) in [7, 11) is 0. The van der Waals surface area contributed by atoms with Crippen molar-refractivity contribution in [3.05, 3.63) is 83.5 Å². The van der Waals surface area contributed by atoms with Crippen molar-refractivity contribution in [2.24, 2.45) is 11.8 Å². The summed E-state index contributed by atoms with van der Waals surface area (Å²) in [4.78, 5) is 19.9. The van der Waals surface area contributed by atoms with Gasteiger partial charge in [0.15, 0.2) is 5.78 Å². The fraction of sp³-hybridized carbons (Fsp3) is 0.400. The van der Waals surface area contributed by atoms with Crippen molar-refractivity contribution in [2.45, 2.75) is 79.6 Å². The number of thiophene rings is 1. The number of allylic oxidation sites excluding steroid dienone is 2. The number of hydrogen-bond acceptors (Lipinski definition) is 4. The Morgan fingerprint density at radius 3 is 2.27 bits per heavy atom. The summed E-state index contributed by atoms with van der Waals surface area (Å²) < 4.78 is 1.06. The van der Waals surface area contributed by atoms with Crippen LogP contribution in [0.1, 0.15) is 79.7 Å². The molecule has 0 spiro atoms. The van der Waals surface area contributed by atoms with E-state index in [2.05, 4.69) is 60.9 Å². The predicted octanol–water partition coefficient (Wildman–Crippen LogP) is 10.6. The van der Waals surface area contributed by atoms with Crippen LogP contribution in [0.5, 0.6) is 0 Å². The molecule has 0 saturated heterocycles. The molecule has 2 heterocycles. The van der Waals surface area contributed by atoms with Crippen molar-refractivity contribution in [1.29, 1.82) is 0 Å². The van der Waals surface area contributed by atoms with Gasteiger partial charge in [-0.25, -0.2) is 4.85 Å². The summed E-state index contributed by atoms with van der Waals surface area (Å²) in [6, 6.07) is 18.0. The van der Waals surface area contributed by atoms with Gasteiger partial charge in [0.05, 0.1) is 12.3 Å². The molecular weight excluding hydrogens is 705 g/mol. The average Bonchev–Trinajstić information content (AvgIpc) is 3.37. The smallest absolute Gasteiger partial charge is 0.241 e. The van der Waals surface area contributed by atoms with Crippen LogP contribution in [0.3, 0.4) is 0 Å². The van der Waals surface area contributed by atoms with Crippen molar-refractivity contribution in [3.63, 3.8) is 0 Å². The first-order chi connectivity index (χ1) is 19.1. The van der Waals surface area contributed by atoms with Gasteiger partial charge in [-0.05, 0) is 48.6 Å². The molecule has 41 heavy (non-hydrogen) atoms. The fourth-order valence-corrected chi connectivity index (χ4v) is 5.90. The van der Waals surface area contributed by atoms with E-state index in [1.165, 1.54) is 28.4 Å². The monoisotopic (exact) mass is 746 g/mol. The zero-order chi connectivity index (χ0) is 29.4. The van der Waals surface area contributed by atoms with Crippen LogP contribution in [0.2, 0.25) is 0 Å². The molecular formula is C35H41IrN2O2S-. The van der Waals surface area contributed by atoms with Crippen molar-refractivity contribution in [3.8, 4) is 11.3 Å². The first kappa shape index (κ1) is 34.4. The summed E-state index contributed by atoms with van der Waals surface area (Å²) >= 11 is 1.50. The second-order valence-electron chi connectivity index (χ2n) is 11.2. The Kier molecular flexibility index (Phi) is 12.9. The van der Waals surface area contributed by atoms with Crippen molar-refractivity contribution >= 4 is 43.0 Å². The first-order valence-electron chi connectivity index (χ1n) is 14.2. The maximum absolute atomic E-state index is 11.7. The third-order valence-corrected chi connectivity index (χ3v) is 8.50. The minimum atomic E-state index is 0. The van der Waals surface area contributed by atoms with Crippen LogP contribution in [0.15, 0.2) is 60.5 Å². The Bertz CT molecular complexity index is 1530. The number of fused-ring (bicyclic) bond motifs is 2. The van der Waals surface area contributed by atoms with Crippen molar-refractivity contribution in [1.82, 2.24) is 4.98 Å². The van der Waals surface area contributed by atoms with Crippen LogP contribution in [0.25, 0.3) is 37.0 Å². The van der Waals surface area contributed by atoms with E-state index in [4.69, 9.17) is 6.57 Å². The molecule has 0 saturated carbocycles. The predicted molar refractivity (Wildman–Crippen MR) is 170 cm³/mol. The van der Waals surface area contributed by atoms with E-state index in [9.17, 15) is 9.90 Å². The fourth-order valence-electron chi connectivity index (χ4n) is 4.96. The van der Waals surface area contributed by atoms with Crippen LogP contribution in [-0.4, -0.2) is 15.9 Å². The number of pyridine rings is 1. The molecule has 0 aliphatic rings. The van der Waals surface area contributed by atoms with Crippen LogP contribution < -0.4 is 0 Å². The molecule has 0 aliphatic carbocycles. The van der Waals surface area contributed by atoms with Gasteiger partial charge in [-0.15, -0.1) is 29.1 Å². The summed E-state index contributed by atoms with van der Waals surface area (Å²) in [6.45, 7) is 22.0. The van der Waals surface area contributed by atoms with Gasteiger partial charge in [-0.1, -0.05) is 77.6 Å². The molecule has 0 fully saturated rings. The molecule has 4 rings (SSSR count). The number of aliphatic hydroxyl groups excluding tert-OH is 1. The van der Waals surface area contributed by atoms with Gasteiger partial charge in [0, 0.05) is 54.6 Å². The van der Waals surface area contributed by atoms with Gasteiger partial charge < -0.3 is 5.11 Å². The number of nitrogens with zero attached hydrogens (tertiary/aromatic N) is 2. The van der Waals surface area contributed by atoms with Gasteiger partial charge in [-0.2, -0.15) is 11.3 Å².